The number of amides is 1. The lowest BCUT2D eigenvalue weighted by molar-refractivity contribution is 0.0626. The number of pyridine rings is 1. The molecule has 1 atom stereocenters. The lowest BCUT2D eigenvalue weighted by Crippen LogP contribution is -2.42. The maximum atomic E-state index is 14.6. The van der Waals surface area contributed by atoms with E-state index in [9.17, 15) is 13.6 Å². The fourth-order valence-electron chi connectivity index (χ4n) is 3.43. The molecule has 1 unspecified atom stereocenters. The third-order valence-electron chi connectivity index (χ3n) is 4.81. The molecule has 150 valence electrons. The van der Waals surface area contributed by atoms with Crippen LogP contribution in [0.2, 0.25) is 0 Å². The first kappa shape index (κ1) is 19.0. The monoisotopic (exact) mass is 399 g/mol. The summed E-state index contributed by atoms with van der Waals surface area (Å²) in [5.74, 6) is -1.05. The summed E-state index contributed by atoms with van der Waals surface area (Å²) in [6.45, 7) is 1.30. The van der Waals surface area contributed by atoms with E-state index in [-0.39, 0.29) is 11.5 Å². The van der Waals surface area contributed by atoms with Crippen molar-refractivity contribution in [2.24, 2.45) is 5.92 Å². The van der Waals surface area contributed by atoms with Gasteiger partial charge in [0.2, 0.25) is 5.88 Å². The van der Waals surface area contributed by atoms with Gasteiger partial charge >= 0.3 is 0 Å². The molecule has 0 N–H and O–H groups in total. The molecule has 0 radical (unpaired) electrons. The van der Waals surface area contributed by atoms with Crippen LogP contribution in [0.25, 0.3) is 5.69 Å². The standard InChI is InChI=1S/C20H19F2N5O2/c21-15-6-7-18(23-11-15)29-13-14-3-2-10-26(12-14)20(28)19-16(22)4-1-5-17(19)27-24-8-9-25-27/h1,4-9,11,14H,2-3,10,12-13H2. The maximum Gasteiger partial charge on any atom is 0.259 e. The van der Waals surface area contributed by atoms with Crippen LogP contribution >= 0.6 is 0 Å². The Hall–Kier alpha value is -3.36. The third-order valence-corrected chi connectivity index (χ3v) is 4.81. The minimum absolute atomic E-state index is 0.0505. The van der Waals surface area contributed by atoms with Crippen LogP contribution in [-0.2, 0) is 0 Å². The van der Waals surface area contributed by atoms with Gasteiger partial charge in [0.25, 0.3) is 5.91 Å². The lowest BCUT2D eigenvalue weighted by Gasteiger charge is -2.33. The highest BCUT2D eigenvalue weighted by atomic mass is 19.1. The van der Waals surface area contributed by atoms with E-state index in [4.69, 9.17) is 4.74 Å². The van der Waals surface area contributed by atoms with Crippen molar-refractivity contribution in [3.63, 3.8) is 0 Å². The summed E-state index contributed by atoms with van der Waals surface area (Å²) in [7, 11) is 0. The van der Waals surface area contributed by atoms with Crippen LogP contribution in [0.1, 0.15) is 23.2 Å². The highest BCUT2D eigenvalue weighted by molar-refractivity contribution is 5.98. The Balaban J connectivity index is 1.47. The van der Waals surface area contributed by atoms with Gasteiger partial charge in [-0.1, -0.05) is 6.07 Å². The van der Waals surface area contributed by atoms with Gasteiger partial charge in [-0.15, -0.1) is 0 Å². The molecule has 1 aromatic carbocycles. The lowest BCUT2D eigenvalue weighted by atomic mass is 9.98. The van der Waals surface area contributed by atoms with Crippen LogP contribution in [0.5, 0.6) is 5.88 Å². The molecule has 1 aliphatic heterocycles. The van der Waals surface area contributed by atoms with E-state index in [2.05, 4.69) is 15.2 Å². The number of hydrogen-bond acceptors (Lipinski definition) is 5. The van der Waals surface area contributed by atoms with Crippen molar-refractivity contribution in [1.82, 2.24) is 24.9 Å². The number of hydrogen-bond donors (Lipinski definition) is 0. The number of halogens is 2. The van der Waals surface area contributed by atoms with Crippen LogP contribution < -0.4 is 4.74 Å². The molecule has 7 nitrogen and oxygen atoms in total. The van der Waals surface area contributed by atoms with E-state index in [1.54, 1.807) is 11.0 Å². The molecule has 1 fully saturated rings. The van der Waals surface area contributed by atoms with E-state index in [1.165, 1.54) is 41.5 Å². The molecule has 0 bridgehead atoms. The predicted octanol–water partition coefficient (Wildman–Crippen LogP) is 2.87. The Morgan fingerprint density at radius 3 is 2.76 bits per heavy atom. The molecule has 1 amide bonds. The second-order valence-electron chi connectivity index (χ2n) is 6.84. The van der Waals surface area contributed by atoms with Crippen molar-refractivity contribution in [3.8, 4) is 11.6 Å². The third kappa shape index (κ3) is 4.23. The first-order valence-corrected chi connectivity index (χ1v) is 9.30. The van der Waals surface area contributed by atoms with Gasteiger partial charge < -0.3 is 9.64 Å². The minimum Gasteiger partial charge on any atom is -0.477 e. The molecule has 29 heavy (non-hydrogen) atoms. The van der Waals surface area contributed by atoms with Crippen LogP contribution in [0, 0.1) is 17.6 Å². The summed E-state index contributed by atoms with van der Waals surface area (Å²) in [5.41, 5.74) is 0.249. The van der Waals surface area contributed by atoms with Crippen molar-refractivity contribution in [1.29, 1.82) is 0 Å². The number of piperidine rings is 1. The van der Waals surface area contributed by atoms with Gasteiger partial charge in [-0.05, 0) is 31.0 Å². The van der Waals surface area contributed by atoms with Gasteiger partial charge in [0, 0.05) is 25.1 Å². The zero-order valence-corrected chi connectivity index (χ0v) is 15.5. The Morgan fingerprint density at radius 1 is 1.17 bits per heavy atom. The van der Waals surface area contributed by atoms with Gasteiger partial charge in [0.15, 0.2) is 0 Å². The summed E-state index contributed by atoms with van der Waals surface area (Å²) in [4.78, 5) is 19.9. The van der Waals surface area contributed by atoms with Crippen LogP contribution in [0.4, 0.5) is 8.78 Å². The molecule has 3 aromatic rings. The first-order chi connectivity index (χ1) is 14.1. The van der Waals surface area contributed by atoms with Crippen molar-refractivity contribution >= 4 is 5.91 Å². The largest absolute Gasteiger partial charge is 0.477 e. The molecule has 2 aromatic heterocycles. The number of ether oxygens (including phenoxy) is 1. The van der Waals surface area contributed by atoms with E-state index in [1.807, 2.05) is 0 Å². The second-order valence-corrected chi connectivity index (χ2v) is 6.84. The fraction of sp³-hybridized carbons (Fsp3) is 0.300. The molecular formula is C20H19F2N5O2. The smallest absolute Gasteiger partial charge is 0.259 e. The van der Waals surface area contributed by atoms with Crippen molar-refractivity contribution in [2.75, 3.05) is 19.7 Å². The number of likely N-dealkylation sites (tertiary alicyclic amines) is 1. The van der Waals surface area contributed by atoms with Crippen LogP contribution in [0.3, 0.4) is 0 Å². The normalized spacial score (nSPS) is 16.6. The number of aromatic nitrogens is 4. The SMILES string of the molecule is O=C(c1c(F)cccc1-n1nccn1)N1CCCC(COc2ccc(F)cn2)C1. The second kappa shape index (κ2) is 8.34. The summed E-state index contributed by atoms with van der Waals surface area (Å²) >= 11 is 0. The summed E-state index contributed by atoms with van der Waals surface area (Å²) in [5, 5.41) is 8.03. The molecule has 1 saturated heterocycles. The van der Waals surface area contributed by atoms with Gasteiger partial charge in [-0.2, -0.15) is 15.0 Å². The van der Waals surface area contributed by atoms with Crippen molar-refractivity contribution in [2.45, 2.75) is 12.8 Å². The fourth-order valence-corrected chi connectivity index (χ4v) is 3.43. The highest BCUT2D eigenvalue weighted by Crippen LogP contribution is 2.24. The van der Waals surface area contributed by atoms with Crippen molar-refractivity contribution < 1.29 is 18.3 Å². The molecular weight excluding hydrogens is 380 g/mol. The van der Waals surface area contributed by atoms with E-state index < -0.39 is 17.5 Å². The van der Waals surface area contributed by atoms with Gasteiger partial charge in [0.1, 0.15) is 22.9 Å². The Kier molecular flexibility index (Phi) is 5.46. The highest BCUT2D eigenvalue weighted by Gasteiger charge is 2.29. The van der Waals surface area contributed by atoms with Crippen LogP contribution in [0.15, 0.2) is 48.9 Å². The maximum absolute atomic E-state index is 14.6. The Bertz CT molecular complexity index is 979. The van der Waals surface area contributed by atoms with E-state index in [0.29, 0.717) is 31.3 Å². The molecule has 0 aliphatic carbocycles. The predicted molar refractivity (Wildman–Crippen MR) is 99.6 cm³/mol. The number of nitrogens with zero attached hydrogens (tertiary/aromatic N) is 5. The van der Waals surface area contributed by atoms with Crippen LogP contribution in [-0.4, -0.2) is 50.5 Å². The van der Waals surface area contributed by atoms with Gasteiger partial charge in [0.05, 0.1) is 25.2 Å². The molecule has 4 rings (SSSR count). The quantitative estimate of drug-likeness (QED) is 0.660. The first-order valence-electron chi connectivity index (χ1n) is 9.30. The molecule has 0 spiro atoms. The number of carbonyl (C=O) groups is 1. The average Bonchev–Trinajstić information content (AvgIpc) is 3.28. The Morgan fingerprint density at radius 2 is 2.00 bits per heavy atom. The molecule has 0 saturated carbocycles. The average molecular weight is 399 g/mol. The summed E-state index contributed by atoms with van der Waals surface area (Å²) in [6.07, 6.45) is 5.68. The molecule has 9 heteroatoms. The zero-order valence-electron chi connectivity index (χ0n) is 15.5. The summed E-state index contributed by atoms with van der Waals surface area (Å²) < 4.78 is 33.1. The zero-order chi connectivity index (χ0) is 20.2. The van der Waals surface area contributed by atoms with Gasteiger partial charge in [-0.25, -0.2) is 13.8 Å². The van der Waals surface area contributed by atoms with Crippen molar-refractivity contribution in [3.05, 3.63) is 66.1 Å². The van der Waals surface area contributed by atoms with E-state index in [0.717, 1.165) is 19.0 Å². The molecule has 1 aliphatic rings. The number of rotatable bonds is 5. The summed E-state index contributed by atoms with van der Waals surface area (Å²) in [6, 6.07) is 7.13. The number of benzene rings is 1. The van der Waals surface area contributed by atoms with E-state index >= 15 is 0 Å². The number of carbonyl (C=O) groups excluding carboxylic acids is 1. The Labute approximate surface area is 165 Å². The molecule has 3 heterocycles. The minimum atomic E-state index is -0.612. The van der Waals surface area contributed by atoms with Gasteiger partial charge in [-0.3, -0.25) is 4.79 Å². The topological polar surface area (TPSA) is 73.1 Å².